The number of amides is 4. The number of likely N-dealkylation sites (tertiary alicyclic amines) is 1. The van der Waals surface area contributed by atoms with Crippen LogP contribution in [0.1, 0.15) is 54.4 Å². The first kappa shape index (κ1) is 21.1. The van der Waals surface area contributed by atoms with E-state index < -0.39 is 0 Å². The van der Waals surface area contributed by atoms with E-state index in [-0.39, 0.29) is 23.8 Å². The summed E-state index contributed by atoms with van der Waals surface area (Å²) in [4.78, 5) is 47.0. The second-order valence-electron chi connectivity index (χ2n) is 7.78. The number of carbonyl (C=O) groups excluding carboxylic acids is 3. The Hall–Kier alpha value is -2.64. The molecule has 0 aromatic carbocycles. The van der Waals surface area contributed by atoms with Crippen molar-refractivity contribution < 1.29 is 14.4 Å². The highest BCUT2D eigenvalue weighted by Gasteiger charge is 2.30. The standard InChI is InChI=1S/C21H31N5O3/c1-4-22-21(29)26-9-7-17(8-10-26)19-18(6-5-15(2)23-19)20(28)25-13-11-24(12-14-25)16(3)27/h5-6,17H,4,7-14H2,1-3H3,(H,22,29). The zero-order valence-corrected chi connectivity index (χ0v) is 17.6. The molecule has 0 aliphatic carbocycles. The van der Waals surface area contributed by atoms with Gasteiger partial charge in [-0.15, -0.1) is 0 Å². The maximum atomic E-state index is 13.2. The van der Waals surface area contributed by atoms with Gasteiger partial charge in [-0.05, 0) is 38.8 Å². The number of hydrogen-bond donors (Lipinski definition) is 1. The Bertz CT molecular complexity index is 766. The van der Waals surface area contributed by atoms with Crippen molar-refractivity contribution in [2.45, 2.75) is 39.5 Å². The minimum absolute atomic E-state index is 0.0122. The Kier molecular flexibility index (Phi) is 6.71. The van der Waals surface area contributed by atoms with Gasteiger partial charge in [0.2, 0.25) is 5.91 Å². The zero-order chi connectivity index (χ0) is 21.0. The highest BCUT2D eigenvalue weighted by Crippen LogP contribution is 2.30. The molecule has 0 spiro atoms. The van der Waals surface area contributed by atoms with Crippen LogP contribution in [0, 0.1) is 6.92 Å². The summed E-state index contributed by atoms with van der Waals surface area (Å²) >= 11 is 0. The number of piperidine rings is 1. The first-order valence-corrected chi connectivity index (χ1v) is 10.5. The lowest BCUT2D eigenvalue weighted by atomic mass is 9.89. The number of pyridine rings is 1. The highest BCUT2D eigenvalue weighted by molar-refractivity contribution is 5.95. The second kappa shape index (κ2) is 9.24. The average Bonchev–Trinajstić information content (AvgIpc) is 2.73. The monoisotopic (exact) mass is 401 g/mol. The quantitative estimate of drug-likeness (QED) is 0.834. The van der Waals surface area contributed by atoms with Crippen LogP contribution in [-0.4, -0.2) is 83.3 Å². The second-order valence-corrected chi connectivity index (χ2v) is 7.78. The molecule has 29 heavy (non-hydrogen) atoms. The minimum atomic E-state index is -0.0252. The van der Waals surface area contributed by atoms with Gasteiger partial charge in [-0.1, -0.05) is 0 Å². The number of hydrogen-bond acceptors (Lipinski definition) is 4. The van der Waals surface area contributed by atoms with Gasteiger partial charge in [0.25, 0.3) is 5.91 Å². The molecule has 0 unspecified atom stereocenters. The van der Waals surface area contributed by atoms with Crippen molar-refractivity contribution in [3.63, 3.8) is 0 Å². The molecule has 0 atom stereocenters. The van der Waals surface area contributed by atoms with E-state index in [4.69, 9.17) is 4.98 Å². The first-order chi connectivity index (χ1) is 13.9. The van der Waals surface area contributed by atoms with Crippen molar-refractivity contribution >= 4 is 17.8 Å². The highest BCUT2D eigenvalue weighted by atomic mass is 16.2. The van der Waals surface area contributed by atoms with Gasteiger partial charge in [-0.25, -0.2) is 4.79 Å². The van der Waals surface area contributed by atoms with Crippen molar-refractivity contribution in [3.8, 4) is 0 Å². The molecule has 1 aromatic heterocycles. The van der Waals surface area contributed by atoms with Crippen molar-refractivity contribution in [1.82, 2.24) is 25.0 Å². The predicted molar refractivity (Wildman–Crippen MR) is 110 cm³/mol. The summed E-state index contributed by atoms with van der Waals surface area (Å²) in [6.07, 6.45) is 1.60. The largest absolute Gasteiger partial charge is 0.339 e. The van der Waals surface area contributed by atoms with Gasteiger partial charge in [0, 0.05) is 64.3 Å². The molecule has 1 aromatic rings. The van der Waals surface area contributed by atoms with Gasteiger partial charge in [0.05, 0.1) is 11.3 Å². The molecule has 8 nitrogen and oxygen atoms in total. The van der Waals surface area contributed by atoms with Crippen LogP contribution in [0.3, 0.4) is 0 Å². The topological polar surface area (TPSA) is 85.8 Å². The lowest BCUT2D eigenvalue weighted by molar-refractivity contribution is -0.130. The Morgan fingerprint density at radius 2 is 1.62 bits per heavy atom. The molecule has 0 saturated carbocycles. The van der Waals surface area contributed by atoms with E-state index in [1.165, 1.54) is 0 Å². The molecule has 2 aliphatic rings. The third-order valence-electron chi connectivity index (χ3n) is 5.80. The average molecular weight is 402 g/mol. The van der Waals surface area contributed by atoms with Crippen molar-refractivity contribution in [2.24, 2.45) is 0 Å². The van der Waals surface area contributed by atoms with Crippen LogP contribution in [0.4, 0.5) is 4.79 Å². The van der Waals surface area contributed by atoms with Gasteiger partial charge in [-0.2, -0.15) is 0 Å². The molecule has 3 heterocycles. The summed E-state index contributed by atoms with van der Waals surface area (Å²) in [5, 5.41) is 2.85. The molecular weight excluding hydrogens is 370 g/mol. The van der Waals surface area contributed by atoms with E-state index in [1.54, 1.807) is 11.8 Å². The van der Waals surface area contributed by atoms with Gasteiger partial charge in [0.1, 0.15) is 0 Å². The number of nitrogens with one attached hydrogen (secondary N) is 1. The summed E-state index contributed by atoms with van der Waals surface area (Å²) in [6, 6.07) is 3.74. The molecule has 2 fully saturated rings. The number of rotatable bonds is 3. The fourth-order valence-electron chi connectivity index (χ4n) is 4.08. The van der Waals surface area contributed by atoms with Gasteiger partial charge in [0.15, 0.2) is 0 Å². The van der Waals surface area contributed by atoms with E-state index in [0.29, 0.717) is 51.4 Å². The lowest BCUT2D eigenvalue weighted by Gasteiger charge is -2.35. The number of urea groups is 1. The normalized spacial score (nSPS) is 18.0. The molecule has 4 amide bonds. The smallest absolute Gasteiger partial charge is 0.317 e. The molecular formula is C21H31N5O3. The number of carbonyl (C=O) groups is 3. The van der Waals surface area contributed by atoms with Crippen LogP contribution < -0.4 is 5.32 Å². The van der Waals surface area contributed by atoms with Gasteiger partial charge >= 0.3 is 6.03 Å². The molecule has 2 saturated heterocycles. The van der Waals surface area contributed by atoms with Crippen LogP contribution in [0.2, 0.25) is 0 Å². The number of piperazine rings is 1. The first-order valence-electron chi connectivity index (χ1n) is 10.5. The third-order valence-corrected chi connectivity index (χ3v) is 5.80. The number of aromatic nitrogens is 1. The van der Waals surface area contributed by atoms with E-state index >= 15 is 0 Å². The molecule has 3 rings (SSSR count). The van der Waals surface area contributed by atoms with Crippen molar-refractivity contribution in [2.75, 3.05) is 45.8 Å². The Morgan fingerprint density at radius 1 is 1.00 bits per heavy atom. The van der Waals surface area contributed by atoms with Gasteiger partial charge in [-0.3, -0.25) is 14.6 Å². The summed E-state index contributed by atoms with van der Waals surface area (Å²) in [5.41, 5.74) is 2.40. The van der Waals surface area contributed by atoms with Crippen LogP contribution in [-0.2, 0) is 4.79 Å². The van der Waals surface area contributed by atoms with Gasteiger partial charge < -0.3 is 20.0 Å². The van der Waals surface area contributed by atoms with E-state index in [2.05, 4.69) is 5.32 Å². The van der Waals surface area contributed by atoms with Crippen molar-refractivity contribution in [3.05, 3.63) is 29.1 Å². The summed E-state index contributed by atoms with van der Waals surface area (Å²) < 4.78 is 0. The number of aryl methyl sites for hydroxylation is 1. The van der Waals surface area contributed by atoms with Crippen LogP contribution in [0.25, 0.3) is 0 Å². The summed E-state index contributed by atoms with van der Waals surface area (Å²) in [6.45, 7) is 9.58. The maximum Gasteiger partial charge on any atom is 0.317 e. The minimum Gasteiger partial charge on any atom is -0.339 e. The molecule has 2 aliphatic heterocycles. The molecule has 1 N–H and O–H groups in total. The van der Waals surface area contributed by atoms with E-state index in [9.17, 15) is 14.4 Å². The van der Waals surface area contributed by atoms with E-state index in [0.717, 1.165) is 24.2 Å². The molecule has 0 bridgehead atoms. The zero-order valence-electron chi connectivity index (χ0n) is 17.6. The fraction of sp³-hybridized carbons (Fsp3) is 0.619. The summed E-state index contributed by atoms with van der Waals surface area (Å²) in [7, 11) is 0. The van der Waals surface area contributed by atoms with Crippen LogP contribution in [0.5, 0.6) is 0 Å². The van der Waals surface area contributed by atoms with Crippen LogP contribution >= 0.6 is 0 Å². The molecule has 0 radical (unpaired) electrons. The lowest BCUT2D eigenvalue weighted by Crippen LogP contribution is -2.50. The van der Waals surface area contributed by atoms with Crippen molar-refractivity contribution in [1.29, 1.82) is 0 Å². The van der Waals surface area contributed by atoms with Crippen LogP contribution in [0.15, 0.2) is 12.1 Å². The predicted octanol–water partition coefficient (Wildman–Crippen LogP) is 1.60. The number of nitrogens with zero attached hydrogens (tertiary/aromatic N) is 4. The Morgan fingerprint density at radius 3 is 2.21 bits per heavy atom. The third kappa shape index (κ3) is 4.86. The summed E-state index contributed by atoms with van der Waals surface area (Å²) in [5.74, 6) is 0.202. The molecule has 158 valence electrons. The Balaban J connectivity index is 1.71. The maximum absolute atomic E-state index is 13.2. The SMILES string of the molecule is CCNC(=O)N1CCC(c2nc(C)ccc2C(=O)N2CCN(C(C)=O)CC2)CC1. The van der Waals surface area contributed by atoms with E-state index in [1.807, 2.05) is 35.8 Å². The molecule has 8 heteroatoms. The Labute approximate surface area is 172 Å². The fourth-order valence-corrected chi connectivity index (χ4v) is 4.08.